The second-order valence-electron chi connectivity index (χ2n) is 7.27. The first-order valence-corrected chi connectivity index (χ1v) is 9.90. The number of hydrogen-bond acceptors (Lipinski definition) is 5. The SMILES string of the molecule is CCOC(=O)c1cnn(Cc2ccc3c(c2)N=C(C(N)=O)CC3c2ccc(F)cc2)c1. The van der Waals surface area contributed by atoms with Crippen molar-refractivity contribution >= 4 is 23.3 Å². The van der Waals surface area contributed by atoms with Gasteiger partial charge in [-0.2, -0.15) is 5.10 Å². The number of carbonyl (C=O) groups is 2. The normalized spacial score (nSPS) is 15.2. The Bertz CT molecular complexity index is 1170. The van der Waals surface area contributed by atoms with Gasteiger partial charge in [-0.3, -0.25) is 9.48 Å². The zero-order valence-electron chi connectivity index (χ0n) is 16.9. The fourth-order valence-corrected chi connectivity index (χ4v) is 3.68. The highest BCUT2D eigenvalue weighted by atomic mass is 19.1. The number of primary amides is 1. The average Bonchev–Trinajstić information content (AvgIpc) is 3.22. The summed E-state index contributed by atoms with van der Waals surface area (Å²) in [4.78, 5) is 28.2. The Kier molecular flexibility index (Phi) is 5.62. The summed E-state index contributed by atoms with van der Waals surface area (Å²) in [6.07, 6.45) is 3.44. The first-order chi connectivity index (χ1) is 14.9. The van der Waals surface area contributed by atoms with Gasteiger partial charge in [-0.25, -0.2) is 14.2 Å². The molecular formula is C23H21FN4O3. The number of nitrogens with zero attached hydrogens (tertiary/aromatic N) is 3. The van der Waals surface area contributed by atoms with Crippen LogP contribution >= 0.6 is 0 Å². The predicted molar refractivity (Wildman–Crippen MR) is 113 cm³/mol. The predicted octanol–water partition coefficient (Wildman–Crippen LogP) is 3.34. The van der Waals surface area contributed by atoms with E-state index in [2.05, 4.69) is 10.1 Å². The zero-order valence-corrected chi connectivity index (χ0v) is 16.9. The van der Waals surface area contributed by atoms with Gasteiger partial charge in [0, 0.05) is 18.5 Å². The summed E-state index contributed by atoms with van der Waals surface area (Å²) in [5.74, 6) is -1.46. The summed E-state index contributed by atoms with van der Waals surface area (Å²) in [6, 6.07) is 12.0. The molecule has 0 radical (unpaired) electrons. The maximum Gasteiger partial charge on any atom is 0.341 e. The Morgan fingerprint density at radius 1 is 1.23 bits per heavy atom. The number of aliphatic imine (C=N–C) groups is 1. The monoisotopic (exact) mass is 420 g/mol. The Morgan fingerprint density at radius 3 is 2.71 bits per heavy atom. The molecule has 0 saturated carbocycles. The number of benzene rings is 2. The van der Waals surface area contributed by atoms with E-state index >= 15 is 0 Å². The number of ether oxygens (including phenoxy) is 1. The minimum atomic E-state index is -0.575. The number of aromatic nitrogens is 2. The van der Waals surface area contributed by atoms with Crippen LogP contribution in [0.1, 0.15) is 46.3 Å². The molecule has 0 saturated heterocycles. The molecule has 158 valence electrons. The summed E-state index contributed by atoms with van der Waals surface area (Å²) < 4.78 is 20.0. The maximum absolute atomic E-state index is 13.4. The van der Waals surface area contributed by atoms with Crippen molar-refractivity contribution in [1.82, 2.24) is 9.78 Å². The highest BCUT2D eigenvalue weighted by Crippen LogP contribution is 2.39. The molecule has 1 unspecified atom stereocenters. The lowest BCUT2D eigenvalue weighted by Gasteiger charge is -2.25. The number of carbonyl (C=O) groups excluding carboxylic acids is 2. The van der Waals surface area contributed by atoms with Crippen molar-refractivity contribution in [2.24, 2.45) is 10.7 Å². The van der Waals surface area contributed by atoms with Crippen molar-refractivity contribution in [2.75, 3.05) is 6.61 Å². The first kappa shape index (κ1) is 20.5. The van der Waals surface area contributed by atoms with Crippen LogP contribution in [-0.2, 0) is 16.1 Å². The molecular weight excluding hydrogens is 399 g/mol. The molecule has 1 aliphatic rings. The fraction of sp³-hybridized carbons (Fsp3) is 0.217. The molecule has 3 aromatic rings. The summed E-state index contributed by atoms with van der Waals surface area (Å²) in [5.41, 5.74) is 9.54. The third-order valence-electron chi connectivity index (χ3n) is 5.17. The Balaban J connectivity index is 1.64. The van der Waals surface area contributed by atoms with Crippen molar-refractivity contribution in [3.05, 3.63) is 82.9 Å². The van der Waals surface area contributed by atoms with Crippen molar-refractivity contribution in [3.63, 3.8) is 0 Å². The van der Waals surface area contributed by atoms with E-state index in [-0.39, 0.29) is 17.4 Å². The van der Waals surface area contributed by atoms with Crippen molar-refractivity contribution < 1.29 is 18.7 Å². The maximum atomic E-state index is 13.4. The molecule has 1 atom stereocenters. The van der Waals surface area contributed by atoms with Crippen LogP contribution in [0.25, 0.3) is 0 Å². The van der Waals surface area contributed by atoms with Crippen LogP contribution in [-0.4, -0.2) is 34.0 Å². The molecule has 2 aromatic carbocycles. The fourth-order valence-electron chi connectivity index (χ4n) is 3.68. The topological polar surface area (TPSA) is 99.6 Å². The minimum absolute atomic E-state index is 0.148. The first-order valence-electron chi connectivity index (χ1n) is 9.90. The lowest BCUT2D eigenvalue weighted by Crippen LogP contribution is -2.27. The third kappa shape index (κ3) is 4.37. The molecule has 4 rings (SSSR count). The van der Waals surface area contributed by atoms with E-state index in [1.807, 2.05) is 18.2 Å². The Hall–Kier alpha value is -3.81. The van der Waals surface area contributed by atoms with E-state index in [4.69, 9.17) is 10.5 Å². The largest absolute Gasteiger partial charge is 0.462 e. The molecule has 8 heteroatoms. The summed E-state index contributed by atoms with van der Waals surface area (Å²) in [5, 5.41) is 4.21. The molecule has 1 aromatic heterocycles. The van der Waals surface area contributed by atoms with Gasteiger partial charge in [-0.15, -0.1) is 0 Å². The summed E-state index contributed by atoms with van der Waals surface area (Å²) in [6.45, 7) is 2.45. The van der Waals surface area contributed by atoms with Crippen molar-refractivity contribution in [2.45, 2.75) is 25.8 Å². The second kappa shape index (κ2) is 8.51. The Morgan fingerprint density at radius 2 is 2.00 bits per heavy atom. The lowest BCUT2D eigenvalue weighted by molar-refractivity contribution is -0.112. The van der Waals surface area contributed by atoms with E-state index in [0.29, 0.717) is 30.8 Å². The number of amides is 1. The van der Waals surface area contributed by atoms with Gasteiger partial charge < -0.3 is 10.5 Å². The van der Waals surface area contributed by atoms with Crippen LogP contribution in [0.15, 0.2) is 59.9 Å². The minimum Gasteiger partial charge on any atom is -0.462 e. The van der Waals surface area contributed by atoms with Gasteiger partial charge >= 0.3 is 5.97 Å². The van der Waals surface area contributed by atoms with Gasteiger partial charge in [0.2, 0.25) is 0 Å². The second-order valence-corrected chi connectivity index (χ2v) is 7.27. The van der Waals surface area contributed by atoms with E-state index in [1.165, 1.54) is 18.3 Å². The van der Waals surface area contributed by atoms with E-state index in [1.54, 1.807) is 29.9 Å². The number of esters is 1. The van der Waals surface area contributed by atoms with Gasteiger partial charge in [0.15, 0.2) is 0 Å². The number of rotatable bonds is 6. The van der Waals surface area contributed by atoms with E-state index < -0.39 is 11.9 Å². The van der Waals surface area contributed by atoms with Crippen LogP contribution in [0.5, 0.6) is 0 Å². The quantitative estimate of drug-likeness (QED) is 0.618. The number of hydrogen-bond donors (Lipinski definition) is 1. The highest BCUT2D eigenvalue weighted by molar-refractivity contribution is 6.39. The smallest absolute Gasteiger partial charge is 0.341 e. The Labute approximate surface area is 178 Å². The van der Waals surface area contributed by atoms with Crippen LogP contribution in [0.3, 0.4) is 0 Å². The third-order valence-corrected chi connectivity index (χ3v) is 5.17. The van der Waals surface area contributed by atoms with Gasteiger partial charge in [-0.05, 0) is 41.8 Å². The molecule has 0 spiro atoms. The average molecular weight is 420 g/mol. The molecule has 0 aliphatic carbocycles. The van der Waals surface area contributed by atoms with E-state index in [0.717, 1.165) is 16.7 Å². The standard InChI is InChI=1S/C23H21FN4O3/c1-2-31-23(30)16-11-26-28(13-16)12-14-3-8-18-19(15-4-6-17(24)7-5-15)10-21(22(25)29)27-20(18)9-14/h3-9,11,13,19H,2,10,12H2,1H3,(H2,25,29). The van der Waals surface area contributed by atoms with Gasteiger partial charge in [-0.1, -0.05) is 24.3 Å². The van der Waals surface area contributed by atoms with Gasteiger partial charge in [0.05, 0.1) is 30.6 Å². The van der Waals surface area contributed by atoms with E-state index in [9.17, 15) is 14.0 Å². The highest BCUT2D eigenvalue weighted by Gasteiger charge is 2.27. The molecule has 7 nitrogen and oxygen atoms in total. The van der Waals surface area contributed by atoms with Crippen molar-refractivity contribution in [1.29, 1.82) is 0 Å². The number of nitrogens with two attached hydrogens (primary N) is 1. The van der Waals surface area contributed by atoms with Crippen LogP contribution in [0, 0.1) is 5.82 Å². The number of halogens is 1. The van der Waals surface area contributed by atoms with Crippen molar-refractivity contribution in [3.8, 4) is 0 Å². The molecule has 2 heterocycles. The molecule has 2 N–H and O–H groups in total. The molecule has 31 heavy (non-hydrogen) atoms. The summed E-state index contributed by atoms with van der Waals surface area (Å²) >= 11 is 0. The zero-order chi connectivity index (χ0) is 22.0. The van der Waals surface area contributed by atoms with Gasteiger partial charge in [0.1, 0.15) is 11.5 Å². The number of fused-ring (bicyclic) bond motifs is 1. The van der Waals surface area contributed by atoms with Crippen LogP contribution in [0.4, 0.5) is 10.1 Å². The van der Waals surface area contributed by atoms with Gasteiger partial charge in [0.25, 0.3) is 5.91 Å². The van der Waals surface area contributed by atoms with Crippen LogP contribution < -0.4 is 5.73 Å². The molecule has 1 amide bonds. The molecule has 0 bridgehead atoms. The summed E-state index contributed by atoms with van der Waals surface area (Å²) in [7, 11) is 0. The molecule has 1 aliphatic heterocycles. The lowest BCUT2D eigenvalue weighted by atomic mass is 9.83. The van der Waals surface area contributed by atoms with Crippen LogP contribution in [0.2, 0.25) is 0 Å². The molecule has 0 fully saturated rings.